The number of rotatable bonds is 5. The van der Waals surface area contributed by atoms with Gasteiger partial charge in [0.1, 0.15) is 11.4 Å². The van der Waals surface area contributed by atoms with Gasteiger partial charge >= 0.3 is 5.97 Å². The molecule has 1 amide bonds. The molecular formula is C21H24N6O3. The highest BCUT2D eigenvalue weighted by atomic mass is 16.4. The number of nitrogens with zero attached hydrogens (tertiary/aromatic N) is 3. The molecule has 6 N–H and O–H groups in total. The standard InChI is InChI=1S/C15H16N4O3.C6H8N2/c1-8-2-3-9(14(20)18-10-4-5-10)6-12(8)19-13(16)11(7-17-19)15(21)22;7-5-6-3-1-2-4-8-6/h2-3,6-7,10H,4-5,16H2,1H3,(H,18,20)(H,21,22);1-4H,5,7H2. The number of aryl methyl sites for hydroxylation is 1. The minimum absolute atomic E-state index is 0.0374. The van der Waals surface area contributed by atoms with Crippen LogP contribution in [0.25, 0.3) is 5.69 Å². The lowest BCUT2D eigenvalue weighted by Crippen LogP contribution is -2.25. The Morgan fingerprint density at radius 3 is 2.57 bits per heavy atom. The van der Waals surface area contributed by atoms with Crippen LogP contribution in [0.1, 0.15) is 44.8 Å². The molecule has 2 aromatic heterocycles. The molecule has 1 aromatic carbocycles. The number of carbonyl (C=O) groups is 2. The Bertz CT molecular complexity index is 1040. The molecule has 0 atom stereocenters. The van der Waals surface area contributed by atoms with E-state index in [9.17, 15) is 9.59 Å². The summed E-state index contributed by atoms with van der Waals surface area (Å²) in [6.07, 6.45) is 4.97. The first kappa shape index (κ1) is 21.0. The topological polar surface area (TPSA) is 149 Å². The van der Waals surface area contributed by atoms with Gasteiger partial charge in [-0.05, 0) is 49.6 Å². The highest BCUT2D eigenvalue weighted by molar-refractivity contribution is 5.95. The maximum Gasteiger partial charge on any atom is 0.341 e. The van der Waals surface area contributed by atoms with E-state index in [-0.39, 0.29) is 23.3 Å². The van der Waals surface area contributed by atoms with Gasteiger partial charge in [-0.1, -0.05) is 12.1 Å². The van der Waals surface area contributed by atoms with E-state index in [1.165, 1.54) is 10.9 Å². The van der Waals surface area contributed by atoms with E-state index in [4.69, 9.17) is 16.6 Å². The van der Waals surface area contributed by atoms with E-state index >= 15 is 0 Å². The van der Waals surface area contributed by atoms with Crippen LogP contribution in [0.4, 0.5) is 5.82 Å². The van der Waals surface area contributed by atoms with Crippen LogP contribution in [-0.4, -0.2) is 37.8 Å². The maximum atomic E-state index is 12.1. The van der Waals surface area contributed by atoms with E-state index < -0.39 is 5.97 Å². The molecule has 0 saturated heterocycles. The number of carbonyl (C=O) groups excluding carboxylic acids is 1. The average molecular weight is 408 g/mol. The van der Waals surface area contributed by atoms with Gasteiger partial charge < -0.3 is 21.9 Å². The average Bonchev–Trinajstić information content (AvgIpc) is 3.48. The lowest BCUT2D eigenvalue weighted by molar-refractivity contribution is 0.0697. The number of carboxylic acids is 1. The number of anilines is 1. The van der Waals surface area contributed by atoms with Gasteiger partial charge in [-0.25, -0.2) is 9.48 Å². The Labute approximate surface area is 173 Å². The van der Waals surface area contributed by atoms with Crippen LogP contribution in [0.15, 0.2) is 48.8 Å². The molecular weight excluding hydrogens is 384 g/mol. The van der Waals surface area contributed by atoms with Crippen molar-refractivity contribution in [3.8, 4) is 5.69 Å². The third-order valence-electron chi connectivity index (χ3n) is 4.58. The van der Waals surface area contributed by atoms with E-state index in [0.29, 0.717) is 17.8 Å². The molecule has 1 saturated carbocycles. The number of hydrogen-bond donors (Lipinski definition) is 4. The second-order valence-electron chi connectivity index (χ2n) is 6.93. The predicted octanol–water partition coefficient (Wildman–Crippen LogP) is 1.89. The summed E-state index contributed by atoms with van der Waals surface area (Å²) < 4.78 is 1.34. The first-order valence-corrected chi connectivity index (χ1v) is 9.49. The second kappa shape index (κ2) is 9.19. The summed E-state index contributed by atoms with van der Waals surface area (Å²) in [5, 5.41) is 16.0. The van der Waals surface area contributed by atoms with Crippen molar-refractivity contribution in [2.75, 3.05) is 5.73 Å². The zero-order valence-corrected chi connectivity index (χ0v) is 16.6. The molecule has 30 heavy (non-hydrogen) atoms. The summed E-state index contributed by atoms with van der Waals surface area (Å²) >= 11 is 0. The number of carboxylic acid groups (broad SMARTS) is 1. The van der Waals surface area contributed by atoms with Gasteiger partial charge in [-0.2, -0.15) is 5.10 Å². The molecule has 1 fully saturated rings. The summed E-state index contributed by atoms with van der Waals surface area (Å²) in [6.45, 7) is 2.38. The number of nitrogens with one attached hydrogen (secondary N) is 1. The summed E-state index contributed by atoms with van der Waals surface area (Å²) in [6, 6.07) is 11.2. The number of aromatic carboxylic acids is 1. The molecule has 0 unspecified atom stereocenters. The number of aromatic nitrogens is 3. The monoisotopic (exact) mass is 408 g/mol. The molecule has 4 rings (SSSR count). The molecule has 156 valence electrons. The highest BCUT2D eigenvalue weighted by Crippen LogP contribution is 2.23. The normalized spacial score (nSPS) is 12.6. The maximum absolute atomic E-state index is 12.1. The van der Waals surface area contributed by atoms with Crippen LogP contribution in [0.5, 0.6) is 0 Å². The van der Waals surface area contributed by atoms with Crippen molar-refractivity contribution in [2.24, 2.45) is 5.73 Å². The van der Waals surface area contributed by atoms with E-state index in [0.717, 1.165) is 24.1 Å². The molecule has 9 heteroatoms. The van der Waals surface area contributed by atoms with Crippen molar-refractivity contribution in [1.29, 1.82) is 0 Å². The molecule has 0 bridgehead atoms. The lowest BCUT2D eigenvalue weighted by Gasteiger charge is -2.11. The fourth-order valence-electron chi connectivity index (χ4n) is 2.71. The molecule has 0 radical (unpaired) electrons. The van der Waals surface area contributed by atoms with Gasteiger partial charge in [0.15, 0.2) is 0 Å². The van der Waals surface area contributed by atoms with Crippen molar-refractivity contribution in [3.05, 3.63) is 71.2 Å². The van der Waals surface area contributed by atoms with Crippen molar-refractivity contribution in [2.45, 2.75) is 32.4 Å². The van der Waals surface area contributed by atoms with Crippen molar-refractivity contribution in [1.82, 2.24) is 20.1 Å². The Hall–Kier alpha value is -3.72. The molecule has 3 aromatic rings. The number of nitrogen functional groups attached to an aromatic ring is 1. The van der Waals surface area contributed by atoms with Crippen LogP contribution < -0.4 is 16.8 Å². The number of hydrogen-bond acceptors (Lipinski definition) is 6. The smallest absolute Gasteiger partial charge is 0.341 e. The number of nitrogens with two attached hydrogens (primary N) is 2. The van der Waals surface area contributed by atoms with Crippen LogP contribution in [0.2, 0.25) is 0 Å². The van der Waals surface area contributed by atoms with Crippen LogP contribution in [0, 0.1) is 6.92 Å². The molecule has 1 aliphatic carbocycles. The van der Waals surface area contributed by atoms with Gasteiger partial charge in [-0.3, -0.25) is 9.78 Å². The Morgan fingerprint density at radius 2 is 2.03 bits per heavy atom. The zero-order valence-electron chi connectivity index (χ0n) is 16.6. The van der Waals surface area contributed by atoms with Gasteiger partial charge in [0.05, 0.1) is 17.6 Å². The minimum atomic E-state index is -1.14. The number of benzene rings is 1. The SMILES string of the molecule is Cc1ccc(C(=O)NC2CC2)cc1-n1ncc(C(=O)O)c1N.NCc1ccccn1. The van der Waals surface area contributed by atoms with E-state index in [1.807, 2.05) is 25.1 Å². The summed E-state index contributed by atoms with van der Waals surface area (Å²) in [5.74, 6) is -1.24. The quantitative estimate of drug-likeness (QED) is 0.503. The van der Waals surface area contributed by atoms with E-state index in [2.05, 4.69) is 15.4 Å². The molecule has 0 aliphatic heterocycles. The van der Waals surface area contributed by atoms with Crippen LogP contribution in [-0.2, 0) is 6.54 Å². The van der Waals surface area contributed by atoms with Crippen molar-refractivity contribution >= 4 is 17.7 Å². The zero-order chi connectivity index (χ0) is 21.7. The van der Waals surface area contributed by atoms with Crippen LogP contribution >= 0.6 is 0 Å². The Kier molecular flexibility index (Phi) is 6.43. The Morgan fingerprint density at radius 1 is 1.27 bits per heavy atom. The fraction of sp³-hybridized carbons (Fsp3) is 0.238. The Balaban J connectivity index is 0.000000269. The molecule has 2 heterocycles. The number of amides is 1. The minimum Gasteiger partial charge on any atom is -0.477 e. The van der Waals surface area contributed by atoms with Crippen molar-refractivity contribution in [3.63, 3.8) is 0 Å². The highest BCUT2D eigenvalue weighted by Gasteiger charge is 2.24. The first-order valence-electron chi connectivity index (χ1n) is 9.49. The van der Waals surface area contributed by atoms with E-state index in [1.54, 1.807) is 24.4 Å². The first-order chi connectivity index (χ1) is 14.4. The third-order valence-corrected chi connectivity index (χ3v) is 4.58. The van der Waals surface area contributed by atoms with Gasteiger partial charge in [0.2, 0.25) is 0 Å². The fourth-order valence-corrected chi connectivity index (χ4v) is 2.71. The molecule has 1 aliphatic rings. The largest absolute Gasteiger partial charge is 0.477 e. The van der Waals surface area contributed by atoms with Crippen molar-refractivity contribution < 1.29 is 14.7 Å². The third kappa shape index (κ3) is 5.00. The summed E-state index contributed by atoms with van der Waals surface area (Å²) in [4.78, 5) is 27.2. The predicted molar refractivity (Wildman–Crippen MR) is 112 cm³/mol. The van der Waals surface area contributed by atoms with Gasteiger partial charge in [-0.15, -0.1) is 0 Å². The van der Waals surface area contributed by atoms with Crippen LogP contribution in [0.3, 0.4) is 0 Å². The number of pyridine rings is 1. The lowest BCUT2D eigenvalue weighted by atomic mass is 10.1. The molecule has 0 spiro atoms. The summed E-state index contributed by atoms with van der Waals surface area (Å²) in [7, 11) is 0. The molecule has 9 nitrogen and oxygen atoms in total. The van der Waals surface area contributed by atoms with Gasteiger partial charge in [0, 0.05) is 24.3 Å². The summed E-state index contributed by atoms with van der Waals surface area (Å²) in [5.41, 5.74) is 13.9. The second-order valence-corrected chi connectivity index (χ2v) is 6.93. The van der Waals surface area contributed by atoms with Gasteiger partial charge in [0.25, 0.3) is 5.91 Å².